The molecular formula is C14H22N2O4S. The largest absolute Gasteiger partial charge is 0.482 e. The lowest BCUT2D eigenvalue weighted by Gasteiger charge is -2.15. The maximum absolute atomic E-state index is 11.7. The highest BCUT2D eigenvalue weighted by atomic mass is 32.2. The number of rotatable bonds is 6. The average molecular weight is 314 g/mol. The molecule has 0 aromatic heterocycles. The molecular weight excluding hydrogens is 292 g/mol. The number of amides is 1. The van der Waals surface area contributed by atoms with Crippen molar-refractivity contribution in [2.45, 2.75) is 45.1 Å². The smallest absolute Gasteiger partial charge is 0.258 e. The van der Waals surface area contributed by atoms with Crippen LogP contribution in [0.5, 0.6) is 5.75 Å². The standard InChI is InChI=1S/C14H22N2O4S/c1-5-11(4)16-13(17)8-20-14-10(3)6-9(2)7-12(14)21(15,18)19/h6-7,11H,5,8H2,1-4H3,(H,16,17)(H2,15,18,19). The molecule has 1 aromatic rings. The summed E-state index contributed by atoms with van der Waals surface area (Å²) in [7, 11) is -3.91. The molecule has 7 heteroatoms. The van der Waals surface area contributed by atoms with Gasteiger partial charge >= 0.3 is 0 Å². The monoisotopic (exact) mass is 314 g/mol. The topological polar surface area (TPSA) is 98.5 Å². The van der Waals surface area contributed by atoms with Gasteiger partial charge in [0, 0.05) is 6.04 Å². The number of nitrogens with one attached hydrogen (secondary N) is 1. The predicted octanol–water partition coefficient (Wildman–Crippen LogP) is 1.24. The third kappa shape index (κ3) is 5.02. The van der Waals surface area contributed by atoms with Crippen LogP contribution in [-0.4, -0.2) is 27.0 Å². The van der Waals surface area contributed by atoms with E-state index < -0.39 is 10.0 Å². The van der Waals surface area contributed by atoms with Crippen molar-refractivity contribution in [2.24, 2.45) is 5.14 Å². The van der Waals surface area contributed by atoms with Gasteiger partial charge in [-0.25, -0.2) is 13.6 Å². The van der Waals surface area contributed by atoms with Crippen LogP contribution >= 0.6 is 0 Å². The summed E-state index contributed by atoms with van der Waals surface area (Å²) in [6, 6.07) is 3.25. The lowest BCUT2D eigenvalue weighted by atomic mass is 10.1. The van der Waals surface area contributed by atoms with Gasteiger partial charge < -0.3 is 10.1 Å². The molecule has 0 saturated heterocycles. The van der Waals surface area contributed by atoms with Gasteiger partial charge in [0.25, 0.3) is 5.91 Å². The van der Waals surface area contributed by atoms with Gasteiger partial charge in [-0.3, -0.25) is 4.79 Å². The summed E-state index contributed by atoms with van der Waals surface area (Å²) >= 11 is 0. The van der Waals surface area contributed by atoms with Crippen molar-refractivity contribution >= 4 is 15.9 Å². The van der Waals surface area contributed by atoms with E-state index in [9.17, 15) is 13.2 Å². The van der Waals surface area contributed by atoms with Crippen molar-refractivity contribution in [3.05, 3.63) is 23.3 Å². The van der Waals surface area contributed by atoms with Gasteiger partial charge in [-0.2, -0.15) is 0 Å². The van der Waals surface area contributed by atoms with Crippen LogP contribution in [-0.2, 0) is 14.8 Å². The van der Waals surface area contributed by atoms with Gasteiger partial charge in [0.15, 0.2) is 6.61 Å². The van der Waals surface area contributed by atoms with Crippen molar-refractivity contribution in [3.63, 3.8) is 0 Å². The number of benzene rings is 1. The molecule has 118 valence electrons. The maximum atomic E-state index is 11.7. The molecule has 1 unspecified atom stereocenters. The van der Waals surface area contributed by atoms with E-state index in [-0.39, 0.29) is 29.2 Å². The number of sulfonamides is 1. The first kappa shape index (κ1) is 17.5. The van der Waals surface area contributed by atoms with E-state index in [1.165, 1.54) is 6.07 Å². The van der Waals surface area contributed by atoms with E-state index in [0.29, 0.717) is 5.56 Å². The quantitative estimate of drug-likeness (QED) is 0.825. The van der Waals surface area contributed by atoms with Crippen molar-refractivity contribution in [2.75, 3.05) is 6.61 Å². The molecule has 0 fully saturated rings. The Bertz CT molecular complexity index is 626. The van der Waals surface area contributed by atoms with E-state index >= 15 is 0 Å². The molecule has 0 aliphatic rings. The summed E-state index contributed by atoms with van der Waals surface area (Å²) in [5.41, 5.74) is 1.38. The van der Waals surface area contributed by atoms with E-state index in [4.69, 9.17) is 9.88 Å². The van der Waals surface area contributed by atoms with Crippen molar-refractivity contribution in [3.8, 4) is 5.75 Å². The molecule has 0 spiro atoms. The number of primary sulfonamides is 1. The molecule has 0 saturated carbocycles. The second-order valence-electron chi connectivity index (χ2n) is 5.12. The summed E-state index contributed by atoms with van der Waals surface area (Å²) in [5.74, 6) is -0.174. The number of nitrogens with two attached hydrogens (primary N) is 1. The molecule has 3 N–H and O–H groups in total. The summed E-state index contributed by atoms with van der Waals surface area (Å²) in [5, 5.41) is 7.94. The van der Waals surface area contributed by atoms with E-state index in [1.807, 2.05) is 13.8 Å². The Kier molecular flexibility index (Phi) is 5.74. The first-order valence-corrected chi connectivity index (χ1v) is 8.26. The SMILES string of the molecule is CCC(C)NC(=O)COc1c(C)cc(C)cc1S(N)(=O)=O. The van der Waals surface area contributed by atoms with Crippen molar-refractivity contribution < 1.29 is 17.9 Å². The summed E-state index contributed by atoms with van der Waals surface area (Å²) in [4.78, 5) is 11.6. The molecule has 1 rings (SSSR count). The fraction of sp³-hybridized carbons (Fsp3) is 0.500. The lowest BCUT2D eigenvalue weighted by molar-refractivity contribution is -0.123. The minimum atomic E-state index is -3.91. The third-order valence-electron chi connectivity index (χ3n) is 3.06. The van der Waals surface area contributed by atoms with Crippen LogP contribution in [0.3, 0.4) is 0 Å². The molecule has 1 aromatic carbocycles. The van der Waals surface area contributed by atoms with Crippen LogP contribution in [0, 0.1) is 13.8 Å². The third-order valence-corrected chi connectivity index (χ3v) is 3.98. The van der Waals surface area contributed by atoms with Gasteiger partial charge in [0.05, 0.1) is 0 Å². The fourth-order valence-electron chi connectivity index (χ4n) is 1.87. The zero-order valence-electron chi connectivity index (χ0n) is 12.8. The van der Waals surface area contributed by atoms with Gasteiger partial charge in [0.2, 0.25) is 10.0 Å². The molecule has 0 heterocycles. The summed E-state index contributed by atoms with van der Waals surface area (Å²) < 4.78 is 28.6. The Morgan fingerprint density at radius 3 is 2.52 bits per heavy atom. The Balaban J connectivity index is 2.96. The Hall–Kier alpha value is -1.60. The first-order valence-electron chi connectivity index (χ1n) is 6.71. The molecule has 0 bridgehead atoms. The predicted molar refractivity (Wildman–Crippen MR) is 80.7 cm³/mol. The van der Waals surface area contributed by atoms with Crippen LogP contribution in [0.25, 0.3) is 0 Å². The van der Waals surface area contributed by atoms with Crippen LogP contribution in [0.15, 0.2) is 17.0 Å². The van der Waals surface area contributed by atoms with E-state index in [0.717, 1.165) is 12.0 Å². The maximum Gasteiger partial charge on any atom is 0.258 e. The zero-order chi connectivity index (χ0) is 16.2. The number of aryl methyl sites for hydroxylation is 2. The lowest BCUT2D eigenvalue weighted by Crippen LogP contribution is -2.35. The minimum absolute atomic E-state index is 0.0397. The number of ether oxygens (including phenoxy) is 1. The summed E-state index contributed by atoms with van der Waals surface area (Å²) in [6.07, 6.45) is 0.803. The van der Waals surface area contributed by atoms with E-state index in [1.54, 1.807) is 19.9 Å². The fourth-order valence-corrected chi connectivity index (χ4v) is 2.70. The molecule has 1 atom stereocenters. The second kappa shape index (κ2) is 6.91. The highest BCUT2D eigenvalue weighted by Crippen LogP contribution is 2.28. The highest BCUT2D eigenvalue weighted by Gasteiger charge is 2.19. The van der Waals surface area contributed by atoms with Crippen LogP contribution in [0.1, 0.15) is 31.4 Å². The number of carbonyl (C=O) groups excluding carboxylic acids is 1. The van der Waals surface area contributed by atoms with Crippen LogP contribution in [0.4, 0.5) is 0 Å². The number of hydrogen-bond acceptors (Lipinski definition) is 4. The molecule has 0 radical (unpaired) electrons. The number of carbonyl (C=O) groups is 1. The Labute approximate surface area is 125 Å². The highest BCUT2D eigenvalue weighted by molar-refractivity contribution is 7.89. The minimum Gasteiger partial charge on any atom is -0.482 e. The molecule has 1 amide bonds. The average Bonchev–Trinajstić information content (AvgIpc) is 2.35. The second-order valence-corrected chi connectivity index (χ2v) is 6.65. The molecule has 6 nitrogen and oxygen atoms in total. The van der Waals surface area contributed by atoms with Gasteiger partial charge in [0.1, 0.15) is 10.6 Å². The first-order chi connectivity index (χ1) is 9.65. The Morgan fingerprint density at radius 2 is 2.00 bits per heavy atom. The van der Waals surface area contributed by atoms with Gasteiger partial charge in [-0.05, 0) is 44.4 Å². The zero-order valence-corrected chi connectivity index (χ0v) is 13.6. The molecule has 21 heavy (non-hydrogen) atoms. The van der Waals surface area contributed by atoms with Crippen LogP contribution < -0.4 is 15.2 Å². The van der Waals surface area contributed by atoms with Crippen molar-refractivity contribution in [1.82, 2.24) is 5.32 Å². The Morgan fingerprint density at radius 1 is 1.38 bits per heavy atom. The van der Waals surface area contributed by atoms with Crippen LogP contribution in [0.2, 0.25) is 0 Å². The summed E-state index contributed by atoms with van der Waals surface area (Å²) in [6.45, 7) is 7.06. The normalized spacial score (nSPS) is 12.8. The number of hydrogen-bond donors (Lipinski definition) is 2. The van der Waals surface area contributed by atoms with E-state index in [2.05, 4.69) is 5.32 Å². The van der Waals surface area contributed by atoms with Gasteiger partial charge in [-0.15, -0.1) is 0 Å². The van der Waals surface area contributed by atoms with Gasteiger partial charge in [-0.1, -0.05) is 13.0 Å². The molecule has 0 aliphatic carbocycles. The van der Waals surface area contributed by atoms with Crippen molar-refractivity contribution in [1.29, 1.82) is 0 Å². The molecule has 0 aliphatic heterocycles.